The van der Waals surface area contributed by atoms with E-state index in [0.717, 1.165) is 22.0 Å². The van der Waals surface area contributed by atoms with Crippen LogP contribution in [0.15, 0.2) is 23.0 Å². The third kappa shape index (κ3) is 5.63. The fraction of sp³-hybridized carbons (Fsp3) is 0.522. The molecule has 10 nitrogen and oxygen atoms in total. The van der Waals surface area contributed by atoms with Crippen molar-refractivity contribution in [3.05, 3.63) is 51.1 Å². The van der Waals surface area contributed by atoms with Gasteiger partial charge in [-0.05, 0) is 60.4 Å². The number of rotatable bonds is 10. The predicted molar refractivity (Wildman–Crippen MR) is 124 cm³/mol. The fourth-order valence-corrected chi connectivity index (χ4v) is 4.25. The number of aryl methyl sites for hydroxylation is 2. The van der Waals surface area contributed by atoms with Gasteiger partial charge in [0.2, 0.25) is 0 Å². The number of ether oxygens (including phenoxy) is 1. The van der Waals surface area contributed by atoms with E-state index >= 15 is 0 Å². The largest absolute Gasteiger partial charge is 0.465 e. The van der Waals surface area contributed by atoms with Gasteiger partial charge in [0.05, 0.1) is 19.3 Å². The number of esters is 1. The summed E-state index contributed by atoms with van der Waals surface area (Å²) in [6, 6.07) is 5.61. The highest BCUT2D eigenvalue weighted by Crippen LogP contribution is 2.28. The minimum atomic E-state index is -0.431. The van der Waals surface area contributed by atoms with Crippen LogP contribution in [0.3, 0.4) is 0 Å². The second-order valence-electron chi connectivity index (χ2n) is 8.55. The van der Waals surface area contributed by atoms with Gasteiger partial charge < -0.3 is 14.8 Å². The molecule has 0 spiro atoms. The number of carbonyl (C=O) groups excluding carboxylic acids is 1. The van der Waals surface area contributed by atoms with Crippen molar-refractivity contribution in [2.24, 2.45) is 5.92 Å². The molecule has 2 heterocycles. The maximum absolute atomic E-state index is 12.9. The van der Waals surface area contributed by atoms with E-state index in [4.69, 9.17) is 4.74 Å². The number of tetrazole rings is 1. The highest BCUT2D eigenvalue weighted by molar-refractivity contribution is 5.83. The first kappa shape index (κ1) is 24.5. The van der Waals surface area contributed by atoms with Crippen molar-refractivity contribution in [2.45, 2.75) is 53.8 Å². The Labute approximate surface area is 192 Å². The zero-order valence-corrected chi connectivity index (χ0v) is 19.8. The standard InChI is InChI=1S/C23H32N6O4/c1-6-33-20(31)13-29-22(25-26-27-29)21(14(2)3)28(7-8-30)12-17-11-18-16(5)9-15(4)10-19(18)24-23(17)32/h9-11,14,21,30H,6-8,12-13H2,1-5H3,(H,24,32)/t21-/m0/s1. The van der Waals surface area contributed by atoms with Crippen LogP contribution in [0, 0.1) is 19.8 Å². The molecular formula is C23H32N6O4. The zero-order chi connectivity index (χ0) is 24.1. The van der Waals surface area contributed by atoms with Crippen LogP contribution in [0.1, 0.15) is 49.3 Å². The number of nitrogens with one attached hydrogen (secondary N) is 1. The van der Waals surface area contributed by atoms with Gasteiger partial charge in [-0.2, -0.15) is 0 Å². The SMILES string of the molecule is CCOC(=O)Cn1nnnc1[C@H](C(C)C)N(CCO)Cc1cc2c(C)cc(C)cc2[nH]c1=O. The molecule has 0 unspecified atom stereocenters. The summed E-state index contributed by atoms with van der Waals surface area (Å²) in [7, 11) is 0. The van der Waals surface area contributed by atoms with Crippen molar-refractivity contribution in [1.29, 1.82) is 0 Å². The third-order valence-corrected chi connectivity index (χ3v) is 5.58. The average molecular weight is 457 g/mol. The smallest absolute Gasteiger partial charge is 0.327 e. The number of aromatic amines is 1. The molecular weight excluding hydrogens is 424 g/mol. The Bertz CT molecular complexity index is 1170. The van der Waals surface area contributed by atoms with Crippen LogP contribution in [-0.4, -0.2) is 60.9 Å². The molecule has 0 aliphatic heterocycles. The van der Waals surface area contributed by atoms with Gasteiger partial charge >= 0.3 is 5.97 Å². The molecule has 10 heteroatoms. The summed E-state index contributed by atoms with van der Waals surface area (Å²) in [4.78, 5) is 29.9. The number of H-pyrrole nitrogens is 1. The van der Waals surface area contributed by atoms with Crippen LogP contribution < -0.4 is 5.56 Å². The summed E-state index contributed by atoms with van der Waals surface area (Å²) in [5.41, 5.74) is 3.37. The van der Waals surface area contributed by atoms with Gasteiger partial charge in [0, 0.05) is 29.6 Å². The number of aromatic nitrogens is 5. The summed E-state index contributed by atoms with van der Waals surface area (Å²) in [6.07, 6.45) is 0. The molecule has 178 valence electrons. The van der Waals surface area contributed by atoms with Gasteiger partial charge in [0.1, 0.15) is 6.54 Å². The first-order valence-corrected chi connectivity index (χ1v) is 11.1. The Morgan fingerprint density at radius 2 is 2.03 bits per heavy atom. The van der Waals surface area contributed by atoms with Gasteiger partial charge in [0.15, 0.2) is 5.82 Å². The maximum Gasteiger partial charge on any atom is 0.327 e. The second-order valence-corrected chi connectivity index (χ2v) is 8.55. The summed E-state index contributed by atoms with van der Waals surface area (Å²) in [5.74, 6) is 0.0851. The Balaban J connectivity index is 1.99. The molecule has 1 atom stereocenters. The van der Waals surface area contributed by atoms with Crippen LogP contribution in [0.4, 0.5) is 0 Å². The van der Waals surface area contributed by atoms with Crippen LogP contribution in [0.5, 0.6) is 0 Å². The Hall–Kier alpha value is -3.11. The average Bonchev–Trinajstić information content (AvgIpc) is 3.16. The van der Waals surface area contributed by atoms with E-state index in [-0.39, 0.29) is 43.8 Å². The number of aliphatic hydroxyl groups is 1. The quantitative estimate of drug-likeness (QED) is 0.443. The van der Waals surface area contributed by atoms with Crippen molar-refractivity contribution in [1.82, 2.24) is 30.1 Å². The van der Waals surface area contributed by atoms with E-state index < -0.39 is 5.97 Å². The second kappa shape index (κ2) is 10.7. The number of hydrogen-bond donors (Lipinski definition) is 2. The summed E-state index contributed by atoms with van der Waals surface area (Å²) in [5, 5.41) is 22.7. The summed E-state index contributed by atoms with van der Waals surface area (Å²) >= 11 is 0. The van der Waals surface area contributed by atoms with Crippen molar-refractivity contribution in [3.8, 4) is 0 Å². The van der Waals surface area contributed by atoms with Crippen LogP contribution in [0.25, 0.3) is 10.9 Å². The molecule has 1 aromatic carbocycles. The normalized spacial score (nSPS) is 12.6. The minimum absolute atomic E-state index is 0.0346. The molecule has 0 radical (unpaired) electrons. The minimum Gasteiger partial charge on any atom is -0.465 e. The molecule has 0 aliphatic carbocycles. The van der Waals surface area contributed by atoms with E-state index in [1.807, 2.05) is 44.7 Å². The monoisotopic (exact) mass is 456 g/mol. The Kier molecular flexibility index (Phi) is 7.93. The molecule has 0 bridgehead atoms. The summed E-state index contributed by atoms with van der Waals surface area (Å²) in [6.45, 7) is 10.4. The number of carbonyl (C=O) groups is 1. The molecule has 3 rings (SSSR count). The highest BCUT2D eigenvalue weighted by Gasteiger charge is 2.30. The molecule has 2 aromatic heterocycles. The number of benzene rings is 1. The molecule has 33 heavy (non-hydrogen) atoms. The third-order valence-electron chi connectivity index (χ3n) is 5.58. The van der Waals surface area contributed by atoms with Crippen LogP contribution in [-0.2, 0) is 22.6 Å². The summed E-state index contributed by atoms with van der Waals surface area (Å²) < 4.78 is 6.46. The maximum atomic E-state index is 12.9. The van der Waals surface area contributed by atoms with E-state index in [0.29, 0.717) is 17.9 Å². The predicted octanol–water partition coefficient (Wildman–Crippen LogP) is 1.89. The van der Waals surface area contributed by atoms with E-state index in [1.54, 1.807) is 6.92 Å². The van der Waals surface area contributed by atoms with Crippen LogP contribution in [0.2, 0.25) is 0 Å². The zero-order valence-electron chi connectivity index (χ0n) is 19.8. The molecule has 2 N–H and O–H groups in total. The lowest BCUT2D eigenvalue weighted by Gasteiger charge is -2.33. The van der Waals surface area contributed by atoms with Crippen molar-refractivity contribution >= 4 is 16.9 Å². The number of hydrogen-bond acceptors (Lipinski definition) is 8. The van der Waals surface area contributed by atoms with Crippen molar-refractivity contribution in [2.75, 3.05) is 19.8 Å². The van der Waals surface area contributed by atoms with Gasteiger partial charge in [-0.15, -0.1) is 5.10 Å². The molecule has 0 saturated heterocycles. The van der Waals surface area contributed by atoms with Gasteiger partial charge in [-0.1, -0.05) is 19.9 Å². The lowest BCUT2D eigenvalue weighted by Crippen LogP contribution is -2.37. The van der Waals surface area contributed by atoms with Crippen molar-refractivity contribution in [3.63, 3.8) is 0 Å². The lowest BCUT2D eigenvalue weighted by molar-refractivity contribution is -0.144. The lowest BCUT2D eigenvalue weighted by atomic mass is 10.00. The Morgan fingerprint density at radius 1 is 1.27 bits per heavy atom. The molecule has 3 aromatic rings. The first-order valence-electron chi connectivity index (χ1n) is 11.1. The first-order chi connectivity index (χ1) is 15.7. The number of nitrogens with zero attached hydrogens (tertiary/aromatic N) is 5. The van der Waals surface area contributed by atoms with Gasteiger partial charge in [0.25, 0.3) is 5.56 Å². The number of pyridine rings is 1. The molecule has 0 saturated carbocycles. The highest BCUT2D eigenvalue weighted by atomic mass is 16.5. The molecule has 0 amide bonds. The van der Waals surface area contributed by atoms with E-state index in [2.05, 4.69) is 26.6 Å². The van der Waals surface area contributed by atoms with E-state index in [1.165, 1.54) is 4.68 Å². The topological polar surface area (TPSA) is 126 Å². The van der Waals surface area contributed by atoms with E-state index in [9.17, 15) is 14.7 Å². The van der Waals surface area contributed by atoms with Crippen molar-refractivity contribution < 1.29 is 14.6 Å². The Morgan fingerprint density at radius 3 is 2.70 bits per heavy atom. The molecule has 0 aliphatic rings. The fourth-order valence-electron chi connectivity index (χ4n) is 4.25. The van der Waals surface area contributed by atoms with Gasteiger partial charge in [-0.25, -0.2) is 4.68 Å². The van der Waals surface area contributed by atoms with Gasteiger partial charge in [-0.3, -0.25) is 14.5 Å². The number of aliphatic hydroxyl groups excluding tert-OH is 1. The van der Waals surface area contributed by atoms with Crippen LogP contribution >= 0.6 is 0 Å². The number of fused-ring (bicyclic) bond motifs is 1. The molecule has 0 fully saturated rings.